The molecular weight excluding hydrogens is 384 g/mol. The Morgan fingerprint density at radius 1 is 1.00 bits per heavy atom. The van der Waals surface area contributed by atoms with E-state index in [4.69, 9.17) is 9.15 Å². The summed E-state index contributed by atoms with van der Waals surface area (Å²) in [5.74, 6) is -0.428. The fraction of sp³-hybridized carbons (Fsp3) is 0.174. The predicted octanol–water partition coefficient (Wildman–Crippen LogP) is 4.28. The number of benzene rings is 2. The van der Waals surface area contributed by atoms with Crippen molar-refractivity contribution in [1.29, 1.82) is 0 Å². The fourth-order valence-corrected chi connectivity index (χ4v) is 2.72. The van der Waals surface area contributed by atoms with Crippen molar-refractivity contribution in [2.24, 2.45) is 0 Å². The van der Waals surface area contributed by atoms with E-state index in [9.17, 15) is 14.4 Å². The summed E-state index contributed by atoms with van der Waals surface area (Å²) in [6, 6.07) is 17.0. The van der Waals surface area contributed by atoms with E-state index in [2.05, 4.69) is 10.6 Å². The molecule has 7 nitrogen and oxygen atoms in total. The van der Waals surface area contributed by atoms with Crippen LogP contribution in [0.2, 0.25) is 0 Å². The van der Waals surface area contributed by atoms with Gasteiger partial charge >= 0.3 is 5.97 Å². The van der Waals surface area contributed by atoms with Gasteiger partial charge in [-0.3, -0.25) is 9.59 Å². The molecule has 0 fully saturated rings. The van der Waals surface area contributed by atoms with E-state index >= 15 is 0 Å². The van der Waals surface area contributed by atoms with Crippen LogP contribution in [-0.2, 0) is 16.1 Å². The molecule has 0 aliphatic rings. The number of Topliss-reactive ketones (excluding diaryl/α,β-unsaturated/α-hetero) is 1. The molecule has 7 heteroatoms. The van der Waals surface area contributed by atoms with Crippen molar-refractivity contribution in [3.8, 4) is 0 Å². The number of hydrogen-bond donors (Lipinski definition) is 2. The lowest BCUT2D eigenvalue weighted by atomic mass is 10.1. The van der Waals surface area contributed by atoms with Crippen LogP contribution < -0.4 is 10.6 Å². The number of carbonyl (C=O) groups is 3. The van der Waals surface area contributed by atoms with Gasteiger partial charge in [-0.2, -0.15) is 0 Å². The van der Waals surface area contributed by atoms with Gasteiger partial charge in [0.05, 0.1) is 18.4 Å². The molecule has 0 radical (unpaired) electrons. The second-order valence-corrected chi connectivity index (χ2v) is 6.65. The molecule has 1 heterocycles. The number of ether oxygens (including phenoxy) is 1. The molecule has 1 amide bonds. The maximum atomic E-state index is 12.6. The zero-order valence-corrected chi connectivity index (χ0v) is 16.7. The molecule has 2 aromatic carbocycles. The van der Waals surface area contributed by atoms with E-state index in [1.54, 1.807) is 60.9 Å². The van der Waals surface area contributed by atoms with Gasteiger partial charge < -0.3 is 19.8 Å². The number of esters is 1. The maximum Gasteiger partial charge on any atom is 0.341 e. The predicted molar refractivity (Wildman–Crippen MR) is 112 cm³/mol. The van der Waals surface area contributed by atoms with Gasteiger partial charge in [0.25, 0.3) is 5.91 Å². The molecule has 0 saturated carbocycles. The highest BCUT2D eigenvalue weighted by Crippen LogP contribution is 2.19. The van der Waals surface area contributed by atoms with Crippen molar-refractivity contribution in [1.82, 2.24) is 0 Å². The van der Waals surface area contributed by atoms with Crippen molar-refractivity contribution in [3.05, 3.63) is 83.8 Å². The molecular formula is C23H22N2O5. The summed E-state index contributed by atoms with van der Waals surface area (Å²) < 4.78 is 10.6. The van der Waals surface area contributed by atoms with E-state index in [0.29, 0.717) is 29.0 Å². The minimum Gasteiger partial charge on any atom is -0.467 e. The highest BCUT2D eigenvalue weighted by Gasteiger charge is 2.21. The van der Waals surface area contributed by atoms with Crippen LogP contribution in [-0.4, -0.2) is 23.8 Å². The van der Waals surface area contributed by atoms with Crippen LogP contribution in [0.1, 0.15) is 40.3 Å². The Bertz CT molecular complexity index is 1030. The molecule has 0 unspecified atom stereocenters. The standard InChI is InChI=1S/C23H22N2O5/c1-15(26)17-9-11-18(12-10-17)25-22(27)16(2)30-23(28)20-7-3-4-8-21(20)24-14-19-6-5-13-29-19/h3-13,16,24H,14H2,1-2H3,(H,25,27)/t16-/m1/s1. The van der Waals surface area contributed by atoms with Crippen LogP contribution >= 0.6 is 0 Å². The van der Waals surface area contributed by atoms with Crippen LogP contribution in [0.15, 0.2) is 71.3 Å². The smallest absolute Gasteiger partial charge is 0.341 e. The third kappa shape index (κ3) is 5.35. The van der Waals surface area contributed by atoms with Crippen LogP contribution in [0.4, 0.5) is 11.4 Å². The largest absolute Gasteiger partial charge is 0.467 e. The summed E-state index contributed by atoms with van der Waals surface area (Å²) in [5.41, 5.74) is 1.94. The Labute approximate surface area is 174 Å². The number of ketones is 1. The lowest BCUT2D eigenvalue weighted by Crippen LogP contribution is -2.30. The third-order valence-corrected chi connectivity index (χ3v) is 4.39. The number of nitrogens with one attached hydrogen (secondary N) is 2. The summed E-state index contributed by atoms with van der Waals surface area (Å²) >= 11 is 0. The molecule has 3 rings (SSSR count). The van der Waals surface area contributed by atoms with Gasteiger partial charge in [0, 0.05) is 16.9 Å². The Hall–Kier alpha value is -3.87. The first-order chi connectivity index (χ1) is 14.4. The first-order valence-corrected chi connectivity index (χ1v) is 9.42. The number of para-hydroxylation sites is 1. The molecule has 1 aromatic heterocycles. The van der Waals surface area contributed by atoms with Gasteiger partial charge in [-0.1, -0.05) is 12.1 Å². The number of amides is 1. The molecule has 30 heavy (non-hydrogen) atoms. The van der Waals surface area contributed by atoms with Gasteiger partial charge in [-0.25, -0.2) is 4.79 Å². The van der Waals surface area contributed by atoms with E-state index in [1.807, 2.05) is 6.07 Å². The zero-order chi connectivity index (χ0) is 21.5. The van der Waals surface area contributed by atoms with Crippen LogP contribution in [0.25, 0.3) is 0 Å². The number of anilines is 2. The van der Waals surface area contributed by atoms with E-state index in [1.165, 1.54) is 13.8 Å². The lowest BCUT2D eigenvalue weighted by Gasteiger charge is -2.15. The summed E-state index contributed by atoms with van der Waals surface area (Å²) in [4.78, 5) is 36.3. The molecule has 0 spiro atoms. The number of carbonyl (C=O) groups excluding carboxylic acids is 3. The molecule has 0 bridgehead atoms. The highest BCUT2D eigenvalue weighted by molar-refractivity contribution is 6.00. The number of rotatable bonds is 8. The molecule has 2 N–H and O–H groups in total. The zero-order valence-electron chi connectivity index (χ0n) is 16.7. The van der Waals surface area contributed by atoms with Gasteiger partial charge in [-0.15, -0.1) is 0 Å². The fourth-order valence-electron chi connectivity index (χ4n) is 2.72. The van der Waals surface area contributed by atoms with E-state index < -0.39 is 18.0 Å². The normalized spacial score (nSPS) is 11.4. The SMILES string of the molecule is CC(=O)c1ccc(NC(=O)[C@@H](C)OC(=O)c2ccccc2NCc2ccco2)cc1. The Morgan fingerprint density at radius 2 is 1.73 bits per heavy atom. The molecule has 0 aliphatic heterocycles. The second kappa shape index (κ2) is 9.56. The monoisotopic (exact) mass is 406 g/mol. The summed E-state index contributed by atoms with van der Waals surface area (Å²) in [6.07, 6.45) is 0.564. The minimum absolute atomic E-state index is 0.0607. The third-order valence-electron chi connectivity index (χ3n) is 4.39. The lowest BCUT2D eigenvalue weighted by molar-refractivity contribution is -0.123. The summed E-state index contributed by atoms with van der Waals surface area (Å²) in [5, 5.41) is 5.80. The van der Waals surface area contributed by atoms with Gasteiger partial charge in [0.2, 0.25) is 0 Å². The molecule has 0 saturated heterocycles. The average molecular weight is 406 g/mol. The summed E-state index contributed by atoms with van der Waals surface area (Å²) in [6.45, 7) is 3.37. The van der Waals surface area contributed by atoms with Crippen LogP contribution in [0.3, 0.4) is 0 Å². The van der Waals surface area contributed by atoms with E-state index in [-0.39, 0.29) is 5.78 Å². The van der Waals surface area contributed by atoms with Gasteiger partial charge in [0.1, 0.15) is 5.76 Å². The molecule has 1 atom stereocenters. The molecule has 154 valence electrons. The second-order valence-electron chi connectivity index (χ2n) is 6.65. The number of hydrogen-bond acceptors (Lipinski definition) is 6. The Morgan fingerprint density at radius 3 is 2.40 bits per heavy atom. The quantitative estimate of drug-likeness (QED) is 0.428. The van der Waals surface area contributed by atoms with Crippen LogP contribution in [0, 0.1) is 0 Å². The average Bonchev–Trinajstić information content (AvgIpc) is 3.26. The Balaban J connectivity index is 1.60. The first kappa shape index (κ1) is 20.9. The highest BCUT2D eigenvalue weighted by atomic mass is 16.5. The van der Waals surface area contributed by atoms with Crippen molar-refractivity contribution in [3.63, 3.8) is 0 Å². The van der Waals surface area contributed by atoms with Crippen molar-refractivity contribution in [2.45, 2.75) is 26.5 Å². The van der Waals surface area contributed by atoms with Gasteiger partial charge in [-0.05, 0) is 62.4 Å². The molecule has 0 aliphatic carbocycles. The topological polar surface area (TPSA) is 97.6 Å². The van der Waals surface area contributed by atoms with Crippen molar-refractivity contribution >= 4 is 29.0 Å². The van der Waals surface area contributed by atoms with Crippen LogP contribution in [0.5, 0.6) is 0 Å². The van der Waals surface area contributed by atoms with Crippen molar-refractivity contribution < 1.29 is 23.5 Å². The Kier molecular flexibility index (Phi) is 6.64. The number of furan rings is 1. The first-order valence-electron chi connectivity index (χ1n) is 9.42. The molecule has 3 aromatic rings. The maximum absolute atomic E-state index is 12.6. The van der Waals surface area contributed by atoms with Gasteiger partial charge in [0.15, 0.2) is 11.9 Å². The minimum atomic E-state index is -1.01. The van der Waals surface area contributed by atoms with Crippen molar-refractivity contribution in [2.75, 3.05) is 10.6 Å². The summed E-state index contributed by atoms with van der Waals surface area (Å²) in [7, 11) is 0. The van der Waals surface area contributed by atoms with E-state index in [0.717, 1.165) is 5.76 Å².